The number of fused-ring (bicyclic) bond motifs is 1. The van der Waals surface area contributed by atoms with Gasteiger partial charge in [-0.15, -0.1) is 0 Å². The van der Waals surface area contributed by atoms with Crippen LogP contribution in [0.2, 0.25) is 0 Å². The van der Waals surface area contributed by atoms with Crippen molar-refractivity contribution in [2.75, 3.05) is 30.8 Å². The fourth-order valence-corrected chi connectivity index (χ4v) is 4.50. The van der Waals surface area contributed by atoms with Gasteiger partial charge in [-0.05, 0) is 50.5 Å². The van der Waals surface area contributed by atoms with Gasteiger partial charge in [0.2, 0.25) is 11.8 Å². The van der Waals surface area contributed by atoms with Crippen LogP contribution < -0.4 is 10.1 Å². The van der Waals surface area contributed by atoms with Gasteiger partial charge in [0, 0.05) is 43.3 Å². The molecule has 30 heavy (non-hydrogen) atoms. The van der Waals surface area contributed by atoms with Crippen LogP contribution in [-0.4, -0.2) is 55.9 Å². The molecule has 1 N–H and O–H groups in total. The van der Waals surface area contributed by atoms with Gasteiger partial charge in [-0.2, -0.15) is 0 Å². The highest BCUT2D eigenvalue weighted by molar-refractivity contribution is 7.84. The van der Waals surface area contributed by atoms with E-state index in [0.717, 1.165) is 17.0 Å². The summed E-state index contributed by atoms with van der Waals surface area (Å²) < 4.78 is 20.1. The van der Waals surface area contributed by atoms with E-state index in [1.165, 1.54) is 0 Å². The van der Waals surface area contributed by atoms with Crippen LogP contribution in [-0.2, 0) is 33.4 Å². The first-order valence-electron chi connectivity index (χ1n) is 10.2. The van der Waals surface area contributed by atoms with Gasteiger partial charge in [0.15, 0.2) is 5.16 Å². The molecule has 1 unspecified atom stereocenters. The summed E-state index contributed by atoms with van der Waals surface area (Å²) in [6.07, 6.45) is 5.05. The zero-order chi connectivity index (χ0) is 21.5. The standard InChI is InChI=1S/C21H28N4O4S/c1-3-24(4-2)20(27)15-25-11-10-22-21(25)30(28)13-5-12-29-17-7-8-18-16(14-17)6-9-19(26)23-18/h7-8,10-11,14H,3-6,9,12-13,15H2,1-2H3,(H,23,26). The number of ether oxygens (including phenoxy) is 1. The van der Waals surface area contributed by atoms with Crippen LogP contribution in [0, 0.1) is 0 Å². The molecule has 0 saturated heterocycles. The first-order valence-corrected chi connectivity index (χ1v) is 11.6. The van der Waals surface area contributed by atoms with Gasteiger partial charge in [-0.25, -0.2) is 4.98 Å². The summed E-state index contributed by atoms with van der Waals surface area (Å²) in [6, 6.07) is 5.62. The number of carbonyl (C=O) groups is 2. The van der Waals surface area contributed by atoms with Crippen molar-refractivity contribution < 1.29 is 18.5 Å². The Morgan fingerprint density at radius 3 is 2.87 bits per heavy atom. The van der Waals surface area contributed by atoms with E-state index in [2.05, 4.69) is 10.3 Å². The lowest BCUT2D eigenvalue weighted by atomic mass is 10.0. The molecule has 1 aromatic heterocycles. The second-order valence-corrected chi connectivity index (χ2v) is 8.49. The van der Waals surface area contributed by atoms with Crippen LogP contribution in [0.1, 0.15) is 32.3 Å². The highest BCUT2D eigenvalue weighted by Crippen LogP contribution is 2.26. The van der Waals surface area contributed by atoms with Crippen LogP contribution in [0.3, 0.4) is 0 Å². The molecule has 0 radical (unpaired) electrons. The molecular formula is C21H28N4O4S. The summed E-state index contributed by atoms with van der Waals surface area (Å²) in [5.41, 5.74) is 1.90. The summed E-state index contributed by atoms with van der Waals surface area (Å²) >= 11 is 0. The Labute approximate surface area is 179 Å². The van der Waals surface area contributed by atoms with Crippen LogP contribution in [0.25, 0.3) is 0 Å². The van der Waals surface area contributed by atoms with E-state index in [1.54, 1.807) is 21.9 Å². The number of hydrogen-bond donors (Lipinski definition) is 1. The van der Waals surface area contributed by atoms with Crippen molar-refractivity contribution in [3.63, 3.8) is 0 Å². The van der Waals surface area contributed by atoms with E-state index in [9.17, 15) is 13.8 Å². The Balaban J connectivity index is 1.48. The number of nitrogens with zero attached hydrogens (tertiary/aromatic N) is 3. The van der Waals surface area contributed by atoms with Crippen LogP contribution in [0.15, 0.2) is 35.7 Å². The first-order chi connectivity index (χ1) is 14.5. The van der Waals surface area contributed by atoms with Crippen molar-refractivity contribution in [2.24, 2.45) is 0 Å². The molecule has 162 valence electrons. The summed E-state index contributed by atoms with van der Waals surface area (Å²) in [5.74, 6) is 1.17. The Morgan fingerprint density at radius 1 is 1.30 bits per heavy atom. The van der Waals surface area contributed by atoms with Gasteiger partial charge in [0.1, 0.15) is 12.3 Å². The van der Waals surface area contributed by atoms with Gasteiger partial charge in [-0.3, -0.25) is 13.8 Å². The van der Waals surface area contributed by atoms with Crippen molar-refractivity contribution in [1.82, 2.24) is 14.5 Å². The monoisotopic (exact) mass is 432 g/mol. The molecule has 0 aliphatic carbocycles. The smallest absolute Gasteiger partial charge is 0.242 e. The van der Waals surface area contributed by atoms with Crippen molar-refractivity contribution >= 4 is 28.3 Å². The number of benzene rings is 1. The lowest BCUT2D eigenvalue weighted by molar-refractivity contribution is -0.131. The van der Waals surface area contributed by atoms with Gasteiger partial charge in [0.05, 0.1) is 17.4 Å². The number of carbonyl (C=O) groups excluding carboxylic acids is 2. The quantitative estimate of drug-likeness (QED) is 0.581. The van der Waals surface area contributed by atoms with Crippen molar-refractivity contribution in [1.29, 1.82) is 0 Å². The predicted octanol–water partition coefficient (Wildman–Crippen LogP) is 2.21. The van der Waals surface area contributed by atoms with Gasteiger partial charge < -0.3 is 19.5 Å². The Bertz CT molecular complexity index is 923. The maximum absolute atomic E-state index is 12.7. The minimum absolute atomic E-state index is 0.0109. The van der Waals surface area contributed by atoms with Crippen LogP contribution in [0.4, 0.5) is 5.69 Å². The highest BCUT2D eigenvalue weighted by Gasteiger charge is 2.17. The third-order valence-corrected chi connectivity index (χ3v) is 6.42. The molecule has 9 heteroatoms. The number of aryl methyl sites for hydroxylation is 1. The number of hydrogen-bond acceptors (Lipinski definition) is 5. The molecule has 0 fully saturated rings. The topological polar surface area (TPSA) is 93.5 Å². The van der Waals surface area contributed by atoms with Gasteiger partial charge >= 0.3 is 0 Å². The number of amides is 2. The minimum Gasteiger partial charge on any atom is -0.494 e. The summed E-state index contributed by atoms with van der Waals surface area (Å²) in [4.78, 5) is 29.7. The number of imidazole rings is 1. The lowest BCUT2D eigenvalue weighted by Gasteiger charge is -2.19. The van der Waals surface area contributed by atoms with Gasteiger partial charge in [0.25, 0.3) is 0 Å². The normalized spacial score (nSPS) is 14.0. The molecule has 1 atom stereocenters. The Hall–Kier alpha value is -2.68. The van der Waals surface area contributed by atoms with E-state index in [-0.39, 0.29) is 18.4 Å². The van der Waals surface area contributed by atoms with E-state index in [1.807, 2.05) is 32.0 Å². The van der Waals surface area contributed by atoms with Crippen molar-refractivity contribution in [2.45, 2.75) is 44.8 Å². The SMILES string of the molecule is CCN(CC)C(=O)Cn1ccnc1S(=O)CCCOc1ccc2c(c1)CCC(=O)N2. The number of rotatable bonds is 10. The molecular weight excluding hydrogens is 404 g/mol. The molecule has 1 aliphatic rings. The van der Waals surface area contributed by atoms with Gasteiger partial charge in [-0.1, -0.05) is 0 Å². The molecule has 2 heterocycles. The van der Waals surface area contributed by atoms with Crippen LogP contribution in [0.5, 0.6) is 5.75 Å². The average Bonchev–Trinajstić information content (AvgIpc) is 3.20. The number of aromatic nitrogens is 2. The molecule has 2 aromatic rings. The van der Waals surface area contributed by atoms with E-state index >= 15 is 0 Å². The minimum atomic E-state index is -1.31. The highest BCUT2D eigenvalue weighted by atomic mass is 32.2. The van der Waals surface area contributed by atoms with E-state index in [0.29, 0.717) is 49.9 Å². The molecule has 3 rings (SSSR count). The first kappa shape index (κ1) is 22.0. The third kappa shape index (κ3) is 5.47. The maximum Gasteiger partial charge on any atom is 0.242 e. The fourth-order valence-electron chi connectivity index (χ4n) is 3.37. The molecule has 0 spiro atoms. The van der Waals surface area contributed by atoms with Crippen molar-refractivity contribution in [3.8, 4) is 5.75 Å². The van der Waals surface area contributed by atoms with E-state index < -0.39 is 10.8 Å². The molecule has 8 nitrogen and oxygen atoms in total. The summed E-state index contributed by atoms with van der Waals surface area (Å²) in [6.45, 7) is 5.74. The molecule has 0 saturated carbocycles. The molecule has 0 bridgehead atoms. The summed E-state index contributed by atoms with van der Waals surface area (Å²) in [7, 11) is -1.31. The zero-order valence-electron chi connectivity index (χ0n) is 17.4. The fraction of sp³-hybridized carbons (Fsp3) is 0.476. The largest absolute Gasteiger partial charge is 0.494 e. The lowest BCUT2D eigenvalue weighted by Crippen LogP contribution is -2.33. The summed E-state index contributed by atoms with van der Waals surface area (Å²) in [5, 5.41) is 3.26. The number of likely N-dealkylation sites (N-methyl/N-ethyl adjacent to an activating group) is 1. The third-order valence-electron chi connectivity index (χ3n) is 5.02. The van der Waals surface area contributed by atoms with E-state index in [4.69, 9.17) is 4.74 Å². The second-order valence-electron chi connectivity index (χ2n) is 7.02. The second kappa shape index (κ2) is 10.4. The molecule has 1 aromatic carbocycles. The number of anilines is 1. The molecule has 1 aliphatic heterocycles. The zero-order valence-corrected chi connectivity index (χ0v) is 18.2. The number of nitrogens with one attached hydrogen (secondary N) is 1. The molecule has 2 amide bonds. The Morgan fingerprint density at radius 2 is 2.10 bits per heavy atom. The average molecular weight is 433 g/mol. The Kier molecular flexibility index (Phi) is 7.62. The predicted molar refractivity (Wildman–Crippen MR) is 115 cm³/mol. The van der Waals surface area contributed by atoms with Crippen LogP contribution >= 0.6 is 0 Å². The maximum atomic E-state index is 12.7. The van der Waals surface area contributed by atoms with Crippen molar-refractivity contribution in [3.05, 3.63) is 36.2 Å².